The van der Waals surface area contributed by atoms with Crippen molar-refractivity contribution in [2.45, 2.75) is 50.6 Å². The molecule has 3 rings (SSSR count). The van der Waals surface area contributed by atoms with E-state index in [9.17, 15) is 9.59 Å². The Bertz CT molecular complexity index is 363. The summed E-state index contributed by atoms with van der Waals surface area (Å²) in [6, 6.07) is 0.792. The molecule has 20 heavy (non-hydrogen) atoms. The van der Waals surface area contributed by atoms with Crippen LogP contribution in [0.2, 0.25) is 0 Å². The molecule has 3 heterocycles. The number of fused-ring (bicyclic) bond motifs is 2. The number of rotatable bonds is 3. The minimum Gasteiger partial charge on any atom is -0.378 e. The first-order valence-electron chi connectivity index (χ1n) is 7.87. The molecule has 0 aromatic heterocycles. The molecule has 0 aromatic carbocycles. The van der Waals surface area contributed by atoms with Crippen molar-refractivity contribution in [3.63, 3.8) is 0 Å². The molecule has 0 spiro atoms. The molecule has 2 unspecified atom stereocenters. The summed E-state index contributed by atoms with van der Waals surface area (Å²) >= 11 is 0. The maximum atomic E-state index is 12.2. The highest BCUT2D eigenvalue weighted by molar-refractivity contribution is 5.81. The van der Waals surface area contributed by atoms with E-state index in [1.807, 2.05) is 4.90 Å². The minimum absolute atomic E-state index is 0.239. The third kappa shape index (κ3) is 3.04. The summed E-state index contributed by atoms with van der Waals surface area (Å²) in [5, 5.41) is 0. The number of carbonyl (C=O) groups is 2. The zero-order valence-electron chi connectivity index (χ0n) is 12.1. The molecule has 1 amide bonds. The summed E-state index contributed by atoms with van der Waals surface area (Å²) in [6.07, 6.45) is 5.45. The molecule has 3 fully saturated rings. The smallest absolute Gasteiger partial charge is 0.224 e. The lowest BCUT2D eigenvalue weighted by molar-refractivity contribution is -0.136. The fourth-order valence-corrected chi connectivity index (χ4v) is 3.83. The fraction of sp³-hybridized carbons (Fsp3) is 0.867. The number of hydrogen-bond acceptors (Lipinski definition) is 4. The van der Waals surface area contributed by atoms with Crippen LogP contribution < -0.4 is 0 Å². The van der Waals surface area contributed by atoms with Crippen LogP contribution in [-0.2, 0) is 14.3 Å². The molecule has 5 nitrogen and oxygen atoms in total. The number of ketones is 1. The number of carbonyl (C=O) groups excluding carboxylic acids is 2. The van der Waals surface area contributed by atoms with E-state index < -0.39 is 0 Å². The van der Waals surface area contributed by atoms with Crippen LogP contribution in [-0.4, -0.2) is 66.4 Å². The van der Waals surface area contributed by atoms with E-state index in [2.05, 4.69) is 4.90 Å². The van der Waals surface area contributed by atoms with Crippen molar-refractivity contribution in [1.29, 1.82) is 0 Å². The Balaban J connectivity index is 1.52. The highest BCUT2D eigenvalue weighted by atomic mass is 16.5. The number of morpholine rings is 1. The Morgan fingerprint density at radius 2 is 1.80 bits per heavy atom. The molecule has 2 atom stereocenters. The van der Waals surface area contributed by atoms with Crippen LogP contribution in [0.1, 0.15) is 38.5 Å². The molecule has 0 N–H and O–H groups in total. The second-order valence-corrected chi connectivity index (χ2v) is 6.17. The number of amides is 1. The molecule has 0 aromatic rings. The second-order valence-electron chi connectivity index (χ2n) is 6.17. The normalized spacial score (nSPS) is 31.4. The summed E-state index contributed by atoms with van der Waals surface area (Å²) in [5.74, 6) is 0.652. The van der Waals surface area contributed by atoms with E-state index in [1.165, 1.54) is 6.42 Å². The standard InChI is InChI=1S/C15H24N2O3/c18-14-10-12-2-1-3-13(11-14)17(12)5-4-15(19)16-6-8-20-9-7-16/h12-13H,1-11H2. The van der Waals surface area contributed by atoms with Crippen molar-refractivity contribution in [2.75, 3.05) is 32.8 Å². The first-order chi connectivity index (χ1) is 9.74. The molecule has 0 radical (unpaired) electrons. The predicted molar refractivity (Wildman–Crippen MR) is 74.4 cm³/mol. The maximum Gasteiger partial charge on any atom is 0.224 e. The van der Waals surface area contributed by atoms with Crippen molar-refractivity contribution < 1.29 is 14.3 Å². The molecule has 5 heteroatoms. The van der Waals surface area contributed by atoms with E-state index in [0.29, 0.717) is 50.3 Å². The van der Waals surface area contributed by atoms with Gasteiger partial charge in [-0.15, -0.1) is 0 Å². The largest absolute Gasteiger partial charge is 0.378 e. The van der Waals surface area contributed by atoms with Gasteiger partial charge in [0.05, 0.1) is 13.2 Å². The fourth-order valence-electron chi connectivity index (χ4n) is 3.83. The zero-order chi connectivity index (χ0) is 13.9. The maximum absolute atomic E-state index is 12.2. The Morgan fingerprint density at radius 1 is 1.15 bits per heavy atom. The Labute approximate surface area is 120 Å². The molecule has 112 valence electrons. The van der Waals surface area contributed by atoms with Crippen molar-refractivity contribution in [1.82, 2.24) is 9.80 Å². The van der Waals surface area contributed by atoms with Gasteiger partial charge in [-0.3, -0.25) is 14.5 Å². The van der Waals surface area contributed by atoms with Crippen LogP contribution in [0.25, 0.3) is 0 Å². The lowest BCUT2D eigenvalue weighted by atomic mass is 9.83. The summed E-state index contributed by atoms with van der Waals surface area (Å²) in [6.45, 7) is 3.59. The van der Waals surface area contributed by atoms with Gasteiger partial charge in [-0.1, -0.05) is 6.42 Å². The Hall–Kier alpha value is -0.940. The van der Waals surface area contributed by atoms with Crippen molar-refractivity contribution in [3.8, 4) is 0 Å². The van der Waals surface area contributed by atoms with Gasteiger partial charge in [-0.2, -0.15) is 0 Å². The highest BCUT2D eigenvalue weighted by Gasteiger charge is 2.37. The lowest BCUT2D eigenvalue weighted by Gasteiger charge is -2.45. The Morgan fingerprint density at radius 3 is 2.45 bits per heavy atom. The van der Waals surface area contributed by atoms with Crippen molar-refractivity contribution >= 4 is 11.7 Å². The molecule has 3 saturated heterocycles. The predicted octanol–water partition coefficient (Wildman–Crippen LogP) is 0.821. The van der Waals surface area contributed by atoms with E-state index >= 15 is 0 Å². The van der Waals surface area contributed by atoms with E-state index in [4.69, 9.17) is 4.74 Å². The van der Waals surface area contributed by atoms with Crippen LogP contribution in [0, 0.1) is 0 Å². The highest BCUT2D eigenvalue weighted by Crippen LogP contribution is 2.32. The van der Waals surface area contributed by atoms with Gasteiger partial charge in [0, 0.05) is 51.0 Å². The first-order valence-corrected chi connectivity index (χ1v) is 7.87. The summed E-state index contributed by atoms with van der Waals surface area (Å²) in [4.78, 5) is 28.2. The summed E-state index contributed by atoms with van der Waals surface area (Å²) in [7, 11) is 0. The summed E-state index contributed by atoms with van der Waals surface area (Å²) in [5.41, 5.74) is 0. The molecule has 3 aliphatic heterocycles. The number of hydrogen-bond donors (Lipinski definition) is 0. The van der Waals surface area contributed by atoms with E-state index in [1.54, 1.807) is 0 Å². The van der Waals surface area contributed by atoms with E-state index in [0.717, 1.165) is 32.5 Å². The van der Waals surface area contributed by atoms with Crippen molar-refractivity contribution in [2.24, 2.45) is 0 Å². The first kappa shape index (κ1) is 14.0. The van der Waals surface area contributed by atoms with Gasteiger partial charge in [-0.25, -0.2) is 0 Å². The number of nitrogens with zero attached hydrogens (tertiary/aromatic N) is 2. The van der Waals surface area contributed by atoms with Crippen LogP contribution in [0.3, 0.4) is 0 Å². The Kier molecular flexibility index (Phi) is 4.36. The molecular formula is C15H24N2O3. The van der Waals surface area contributed by atoms with Crippen LogP contribution in [0.5, 0.6) is 0 Å². The third-order valence-electron chi connectivity index (χ3n) is 4.89. The van der Waals surface area contributed by atoms with Gasteiger partial charge in [0.2, 0.25) is 5.91 Å². The zero-order valence-corrected chi connectivity index (χ0v) is 12.1. The number of piperidine rings is 2. The number of Topliss-reactive ketones (excluding diaryl/α,β-unsaturated/α-hetero) is 1. The van der Waals surface area contributed by atoms with Gasteiger partial charge in [-0.05, 0) is 12.8 Å². The van der Waals surface area contributed by atoms with Crippen molar-refractivity contribution in [3.05, 3.63) is 0 Å². The SMILES string of the molecule is O=C1CC2CCCC(C1)N2CCC(=O)N1CCOCC1. The number of ether oxygens (including phenoxy) is 1. The molecule has 0 saturated carbocycles. The molecular weight excluding hydrogens is 256 g/mol. The lowest BCUT2D eigenvalue weighted by Crippen LogP contribution is -2.53. The average molecular weight is 280 g/mol. The van der Waals surface area contributed by atoms with Crippen LogP contribution in [0.4, 0.5) is 0 Å². The van der Waals surface area contributed by atoms with Crippen LogP contribution >= 0.6 is 0 Å². The minimum atomic E-state index is 0.239. The van der Waals surface area contributed by atoms with E-state index in [-0.39, 0.29) is 5.91 Å². The van der Waals surface area contributed by atoms with Gasteiger partial charge >= 0.3 is 0 Å². The topological polar surface area (TPSA) is 49.9 Å². The molecule has 2 bridgehead atoms. The average Bonchev–Trinajstić information content (AvgIpc) is 2.45. The van der Waals surface area contributed by atoms with Gasteiger partial charge in [0.1, 0.15) is 5.78 Å². The third-order valence-corrected chi connectivity index (χ3v) is 4.89. The summed E-state index contributed by atoms with van der Waals surface area (Å²) < 4.78 is 5.27. The van der Waals surface area contributed by atoms with Gasteiger partial charge in [0.25, 0.3) is 0 Å². The quantitative estimate of drug-likeness (QED) is 0.768. The van der Waals surface area contributed by atoms with Gasteiger partial charge in [0.15, 0.2) is 0 Å². The monoisotopic (exact) mass is 280 g/mol. The van der Waals surface area contributed by atoms with Gasteiger partial charge < -0.3 is 9.64 Å². The molecule has 3 aliphatic rings. The molecule has 0 aliphatic carbocycles. The van der Waals surface area contributed by atoms with Crippen LogP contribution in [0.15, 0.2) is 0 Å². The second kappa shape index (κ2) is 6.22.